The van der Waals surface area contributed by atoms with Crippen molar-refractivity contribution in [2.45, 2.75) is 20.3 Å². The van der Waals surface area contributed by atoms with Crippen molar-refractivity contribution >= 4 is 37.6 Å². The molecule has 0 saturated carbocycles. The molecule has 0 bridgehead atoms. The number of ether oxygens (including phenoxy) is 1. The van der Waals surface area contributed by atoms with Gasteiger partial charge in [-0.25, -0.2) is 4.98 Å². The highest BCUT2D eigenvalue weighted by Gasteiger charge is 2.12. The molecule has 20 heavy (non-hydrogen) atoms. The second-order valence-corrected chi connectivity index (χ2v) is 5.53. The molecule has 4 nitrogen and oxygen atoms in total. The van der Waals surface area contributed by atoms with E-state index in [4.69, 9.17) is 9.72 Å². The minimum Gasteiger partial charge on any atom is -0.492 e. The SMILES string of the molecule is CCCNc1nc2c(cc(OCC)c3ncccc32)s1. The van der Waals surface area contributed by atoms with E-state index >= 15 is 0 Å². The molecule has 0 unspecified atom stereocenters. The monoisotopic (exact) mass is 287 g/mol. The van der Waals surface area contributed by atoms with Crippen LogP contribution >= 0.6 is 11.3 Å². The molecular formula is C15H17N3OS. The molecule has 1 aromatic carbocycles. The zero-order chi connectivity index (χ0) is 13.9. The molecule has 104 valence electrons. The van der Waals surface area contributed by atoms with Crippen LogP contribution in [0.25, 0.3) is 21.1 Å². The van der Waals surface area contributed by atoms with Crippen LogP contribution in [-0.4, -0.2) is 23.1 Å². The predicted molar refractivity (Wildman–Crippen MR) is 84.9 cm³/mol. The first kappa shape index (κ1) is 13.1. The molecule has 0 amide bonds. The summed E-state index contributed by atoms with van der Waals surface area (Å²) in [5.74, 6) is 0.835. The molecule has 0 aliphatic carbocycles. The highest BCUT2D eigenvalue weighted by Crippen LogP contribution is 2.36. The molecule has 0 aliphatic rings. The van der Waals surface area contributed by atoms with Crippen LogP contribution in [0, 0.1) is 0 Å². The van der Waals surface area contributed by atoms with Gasteiger partial charge in [0.25, 0.3) is 0 Å². The zero-order valence-electron chi connectivity index (χ0n) is 11.6. The Morgan fingerprint density at radius 2 is 2.20 bits per heavy atom. The molecule has 0 fully saturated rings. The smallest absolute Gasteiger partial charge is 0.183 e. The van der Waals surface area contributed by atoms with Crippen LogP contribution in [0.3, 0.4) is 0 Å². The number of hydrogen-bond acceptors (Lipinski definition) is 5. The second kappa shape index (κ2) is 5.63. The molecular weight excluding hydrogens is 270 g/mol. The fourth-order valence-electron chi connectivity index (χ4n) is 2.18. The Bertz CT molecular complexity index is 738. The fourth-order valence-corrected chi connectivity index (χ4v) is 3.11. The number of nitrogens with zero attached hydrogens (tertiary/aromatic N) is 2. The Hall–Kier alpha value is -1.88. The average Bonchev–Trinajstić information content (AvgIpc) is 2.89. The van der Waals surface area contributed by atoms with Crippen LogP contribution in [0.5, 0.6) is 5.75 Å². The van der Waals surface area contributed by atoms with Crippen LogP contribution in [0.2, 0.25) is 0 Å². The summed E-state index contributed by atoms with van der Waals surface area (Å²) >= 11 is 1.66. The van der Waals surface area contributed by atoms with Crippen molar-refractivity contribution in [3.8, 4) is 5.75 Å². The summed E-state index contributed by atoms with van der Waals surface area (Å²) < 4.78 is 6.85. The quantitative estimate of drug-likeness (QED) is 0.768. The van der Waals surface area contributed by atoms with Gasteiger partial charge in [-0.3, -0.25) is 4.98 Å². The summed E-state index contributed by atoms with van der Waals surface area (Å²) in [5.41, 5.74) is 1.88. The highest BCUT2D eigenvalue weighted by atomic mass is 32.1. The molecule has 0 atom stereocenters. The lowest BCUT2D eigenvalue weighted by Gasteiger charge is -2.06. The lowest BCUT2D eigenvalue weighted by Crippen LogP contribution is -1.98. The van der Waals surface area contributed by atoms with Crippen molar-refractivity contribution in [2.24, 2.45) is 0 Å². The van der Waals surface area contributed by atoms with Crippen molar-refractivity contribution in [1.82, 2.24) is 9.97 Å². The molecule has 0 spiro atoms. The summed E-state index contributed by atoms with van der Waals surface area (Å²) in [5, 5.41) is 5.36. The fraction of sp³-hybridized carbons (Fsp3) is 0.333. The number of rotatable bonds is 5. The van der Waals surface area contributed by atoms with Gasteiger partial charge in [0.05, 0.1) is 16.8 Å². The van der Waals surface area contributed by atoms with E-state index in [2.05, 4.69) is 23.3 Å². The van der Waals surface area contributed by atoms with Crippen molar-refractivity contribution < 1.29 is 4.74 Å². The van der Waals surface area contributed by atoms with Gasteiger partial charge in [0.15, 0.2) is 5.13 Å². The summed E-state index contributed by atoms with van der Waals surface area (Å²) in [6, 6.07) is 6.04. The lowest BCUT2D eigenvalue weighted by molar-refractivity contribution is 0.344. The third-order valence-corrected chi connectivity index (χ3v) is 4.00. The Kier molecular flexibility index (Phi) is 3.69. The molecule has 5 heteroatoms. The van der Waals surface area contributed by atoms with E-state index in [0.29, 0.717) is 6.61 Å². The summed E-state index contributed by atoms with van der Waals surface area (Å²) in [6.07, 6.45) is 2.88. The first-order valence-electron chi connectivity index (χ1n) is 6.88. The largest absolute Gasteiger partial charge is 0.492 e. The number of aromatic nitrogens is 2. The van der Waals surface area contributed by atoms with Gasteiger partial charge in [-0.1, -0.05) is 18.3 Å². The van der Waals surface area contributed by atoms with Gasteiger partial charge >= 0.3 is 0 Å². The zero-order valence-corrected chi connectivity index (χ0v) is 12.5. The van der Waals surface area contributed by atoms with Gasteiger partial charge in [0.1, 0.15) is 11.3 Å². The predicted octanol–water partition coefficient (Wildman–Crippen LogP) is 4.07. The molecule has 3 rings (SSSR count). The van der Waals surface area contributed by atoms with E-state index < -0.39 is 0 Å². The maximum atomic E-state index is 5.71. The maximum absolute atomic E-state index is 5.71. The average molecular weight is 287 g/mol. The maximum Gasteiger partial charge on any atom is 0.183 e. The molecule has 0 saturated heterocycles. The van der Waals surface area contributed by atoms with Crippen LogP contribution in [0.15, 0.2) is 24.4 Å². The van der Waals surface area contributed by atoms with Crippen molar-refractivity contribution in [2.75, 3.05) is 18.5 Å². The van der Waals surface area contributed by atoms with Gasteiger partial charge in [-0.05, 0) is 25.5 Å². The van der Waals surface area contributed by atoms with E-state index in [1.807, 2.05) is 19.1 Å². The van der Waals surface area contributed by atoms with E-state index in [-0.39, 0.29) is 0 Å². The molecule has 3 aromatic rings. The van der Waals surface area contributed by atoms with Crippen LogP contribution < -0.4 is 10.1 Å². The van der Waals surface area contributed by atoms with Gasteiger partial charge in [0, 0.05) is 24.2 Å². The first-order chi connectivity index (χ1) is 9.83. The van der Waals surface area contributed by atoms with Crippen molar-refractivity contribution in [3.05, 3.63) is 24.4 Å². The van der Waals surface area contributed by atoms with Gasteiger partial charge < -0.3 is 10.1 Å². The van der Waals surface area contributed by atoms with E-state index in [1.54, 1.807) is 17.5 Å². The third kappa shape index (κ3) is 2.29. The summed E-state index contributed by atoms with van der Waals surface area (Å²) in [7, 11) is 0. The topological polar surface area (TPSA) is 47.0 Å². The number of pyridine rings is 1. The van der Waals surface area contributed by atoms with Crippen LogP contribution in [0.4, 0.5) is 5.13 Å². The first-order valence-corrected chi connectivity index (χ1v) is 7.70. The van der Waals surface area contributed by atoms with Crippen molar-refractivity contribution in [3.63, 3.8) is 0 Å². The standard InChI is InChI=1S/C15H17N3OS/c1-3-7-17-15-18-14-10-6-5-8-16-13(10)11(19-4-2)9-12(14)20-15/h5-6,8-9H,3-4,7H2,1-2H3,(H,17,18). The Balaban J connectivity index is 2.19. The molecule has 2 aromatic heterocycles. The molecule has 0 radical (unpaired) electrons. The molecule has 2 heterocycles. The summed E-state index contributed by atoms with van der Waals surface area (Å²) in [6.45, 7) is 5.71. The van der Waals surface area contributed by atoms with Gasteiger partial charge in [-0.2, -0.15) is 0 Å². The van der Waals surface area contributed by atoms with Crippen LogP contribution in [0.1, 0.15) is 20.3 Å². The second-order valence-electron chi connectivity index (χ2n) is 4.50. The normalized spacial score (nSPS) is 11.1. The highest BCUT2D eigenvalue weighted by molar-refractivity contribution is 7.22. The minimum absolute atomic E-state index is 0.636. The summed E-state index contributed by atoms with van der Waals surface area (Å²) in [4.78, 5) is 9.13. The van der Waals surface area contributed by atoms with E-state index in [0.717, 1.165) is 45.0 Å². The number of hydrogen-bond donors (Lipinski definition) is 1. The Morgan fingerprint density at radius 3 is 3.00 bits per heavy atom. The number of anilines is 1. The number of nitrogens with one attached hydrogen (secondary N) is 1. The number of thiazole rings is 1. The Morgan fingerprint density at radius 1 is 1.30 bits per heavy atom. The number of benzene rings is 1. The van der Waals surface area contributed by atoms with Crippen LogP contribution in [-0.2, 0) is 0 Å². The third-order valence-electron chi connectivity index (χ3n) is 3.04. The molecule has 0 aliphatic heterocycles. The van der Waals surface area contributed by atoms with Crippen molar-refractivity contribution in [1.29, 1.82) is 0 Å². The Labute approximate surface area is 121 Å². The number of fused-ring (bicyclic) bond motifs is 3. The van der Waals surface area contributed by atoms with Gasteiger partial charge in [-0.15, -0.1) is 0 Å². The van der Waals surface area contributed by atoms with E-state index in [1.165, 1.54) is 0 Å². The molecule has 1 N–H and O–H groups in total. The lowest BCUT2D eigenvalue weighted by atomic mass is 10.2. The van der Waals surface area contributed by atoms with Gasteiger partial charge in [0.2, 0.25) is 0 Å². The van der Waals surface area contributed by atoms with E-state index in [9.17, 15) is 0 Å². The minimum atomic E-state index is 0.636.